The highest BCUT2D eigenvalue weighted by Crippen LogP contribution is 2.23. The second kappa shape index (κ2) is 9.98. The quantitative estimate of drug-likeness (QED) is 0.552. The molecule has 136 valence electrons. The SMILES string of the molecule is CCc1ccc(OCC(=O)NNC(=S)NC(=O)C2CCCCC2)cc1. The largest absolute Gasteiger partial charge is 0.484 e. The van der Waals surface area contributed by atoms with Crippen LogP contribution in [0.5, 0.6) is 5.75 Å². The van der Waals surface area contributed by atoms with E-state index >= 15 is 0 Å². The minimum atomic E-state index is -0.381. The van der Waals surface area contributed by atoms with E-state index in [4.69, 9.17) is 17.0 Å². The lowest BCUT2D eigenvalue weighted by Gasteiger charge is -2.21. The van der Waals surface area contributed by atoms with E-state index in [9.17, 15) is 9.59 Å². The van der Waals surface area contributed by atoms with E-state index in [-0.39, 0.29) is 29.5 Å². The molecule has 0 heterocycles. The molecular formula is C18H25N3O3S. The number of benzene rings is 1. The lowest BCUT2D eigenvalue weighted by Crippen LogP contribution is -2.50. The molecule has 0 spiro atoms. The van der Waals surface area contributed by atoms with Gasteiger partial charge in [0.05, 0.1) is 0 Å². The molecule has 0 aliphatic heterocycles. The van der Waals surface area contributed by atoms with Gasteiger partial charge in [0.1, 0.15) is 5.75 Å². The van der Waals surface area contributed by atoms with Crippen LogP contribution in [0, 0.1) is 5.92 Å². The van der Waals surface area contributed by atoms with Gasteiger partial charge in [-0.2, -0.15) is 0 Å². The van der Waals surface area contributed by atoms with Crippen LogP contribution in [-0.4, -0.2) is 23.5 Å². The molecule has 0 bridgehead atoms. The third-order valence-electron chi connectivity index (χ3n) is 4.23. The highest BCUT2D eigenvalue weighted by molar-refractivity contribution is 7.80. The Kier molecular flexibility index (Phi) is 7.66. The molecule has 2 amide bonds. The number of amides is 2. The van der Waals surface area contributed by atoms with Crippen molar-refractivity contribution in [3.05, 3.63) is 29.8 Å². The highest BCUT2D eigenvalue weighted by atomic mass is 32.1. The number of carbonyl (C=O) groups excluding carboxylic acids is 2. The Bertz CT molecular complexity index is 598. The summed E-state index contributed by atoms with van der Waals surface area (Å²) in [5.41, 5.74) is 6.15. The third kappa shape index (κ3) is 6.70. The summed E-state index contributed by atoms with van der Waals surface area (Å²) >= 11 is 5.02. The van der Waals surface area contributed by atoms with E-state index in [1.165, 1.54) is 12.0 Å². The van der Waals surface area contributed by atoms with Gasteiger partial charge in [0.15, 0.2) is 11.7 Å². The van der Waals surface area contributed by atoms with Crippen molar-refractivity contribution < 1.29 is 14.3 Å². The van der Waals surface area contributed by atoms with Crippen LogP contribution in [0.3, 0.4) is 0 Å². The summed E-state index contributed by atoms with van der Waals surface area (Å²) in [4.78, 5) is 23.8. The molecule has 0 aromatic heterocycles. The highest BCUT2D eigenvalue weighted by Gasteiger charge is 2.21. The summed E-state index contributed by atoms with van der Waals surface area (Å²) in [6.45, 7) is 1.93. The first kappa shape index (κ1) is 19.2. The summed E-state index contributed by atoms with van der Waals surface area (Å²) in [5.74, 6) is 0.173. The predicted octanol–water partition coefficient (Wildman–Crippen LogP) is 2.23. The van der Waals surface area contributed by atoms with Crippen molar-refractivity contribution in [2.75, 3.05) is 6.61 Å². The van der Waals surface area contributed by atoms with E-state index in [1.54, 1.807) is 0 Å². The van der Waals surface area contributed by atoms with Crippen LogP contribution in [-0.2, 0) is 16.0 Å². The smallest absolute Gasteiger partial charge is 0.276 e. The molecule has 1 aliphatic carbocycles. The first-order valence-electron chi connectivity index (χ1n) is 8.70. The van der Waals surface area contributed by atoms with Gasteiger partial charge in [-0.05, 0) is 49.2 Å². The normalized spacial score (nSPS) is 14.4. The molecule has 7 heteroatoms. The standard InChI is InChI=1S/C18H25N3O3S/c1-2-13-8-10-15(11-9-13)24-12-16(22)20-21-18(25)19-17(23)14-6-4-3-5-7-14/h8-11,14H,2-7,12H2,1H3,(H,20,22)(H2,19,21,23,25). The molecule has 6 nitrogen and oxygen atoms in total. The van der Waals surface area contributed by atoms with Crippen molar-refractivity contribution in [3.8, 4) is 5.75 Å². The van der Waals surface area contributed by atoms with Gasteiger partial charge in [-0.25, -0.2) is 0 Å². The fourth-order valence-corrected chi connectivity index (χ4v) is 2.89. The molecule has 1 aromatic carbocycles. The van der Waals surface area contributed by atoms with Crippen molar-refractivity contribution in [2.45, 2.75) is 45.4 Å². The van der Waals surface area contributed by atoms with Crippen LogP contribution in [0.2, 0.25) is 0 Å². The van der Waals surface area contributed by atoms with Crippen molar-refractivity contribution in [3.63, 3.8) is 0 Å². The number of nitrogens with one attached hydrogen (secondary N) is 3. The van der Waals surface area contributed by atoms with Gasteiger partial charge in [-0.15, -0.1) is 0 Å². The molecule has 0 radical (unpaired) electrons. The van der Waals surface area contributed by atoms with E-state index < -0.39 is 0 Å². The van der Waals surface area contributed by atoms with Crippen molar-refractivity contribution in [1.29, 1.82) is 0 Å². The summed E-state index contributed by atoms with van der Waals surface area (Å²) in [6.07, 6.45) is 6.08. The average Bonchev–Trinajstić information content (AvgIpc) is 2.65. The Hall–Kier alpha value is -2.15. The van der Waals surface area contributed by atoms with Gasteiger partial charge in [-0.1, -0.05) is 38.3 Å². The lowest BCUT2D eigenvalue weighted by molar-refractivity contribution is -0.125. The number of thiocarbonyl (C=S) groups is 1. The van der Waals surface area contributed by atoms with Crippen molar-refractivity contribution in [2.24, 2.45) is 5.92 Å². The topological polar surface area (TPSA) is 79.5 Å². The van der Waals surface area contributed by atoms with E-state index in [1.807, 2.05) is 24.3 Å². The number of carbonyl (C=O) groups is 2. The lowest BCUT2D eigenvalue weighted by atomic mass is 9.89. The summed E-state index contributed by atoms with van der Waals surface area (Å²) in [6, 6.07) is 7.58. The number of hydrazine groups is 1. The van der Waals surface area contributed by atoms with Gasteiger partial charge in [-0.3, -0.25) is 20.4 Å². The maximum Gasteiger partial charge on any atom is 0.276 e. The Morgan fingerprint density at radius 2 is 1.80 bits per heavy atom. The Morgan fingerprint density at radius 1 is 1.12 bits per heavy atom. The number of aryl methyl sites for hydroxylation is 1. The Morgan fingerprint density at radius 3 is 2.44 bits per heavy atom. The number of hydrogen-bond donors (Lipinski definition) is 3. The molecule has 0 saturated heterocycles. The van der Waals surface area contributed by atoms with Gasteiger partial charge in [0.2, 0.25) is 5.91 Å². The second-order valence-corrected chi connectivity index (χ2v) is 6.52. The third-order valence-corrected chi connectivity index (χ3v) is 4.43. The monoisotopic (exact) mass is 363 g/mol. The fourth-order valence-electron chi connectivity index (χ4n) is 2.74. The summed E-state index contributed by atoms with van der Waals surface area (Å²) < 4.78 is 5.39. The second-order valence-electron chi connectivity index (χ2n) is 6.11. The van der Waals surface area contributed by atoms with Crippen LogP contribution in [0.15, 0.2) is 24.3 Å². The molecule has 3 N–H and O–H groups in total. The van der Waals surface area contributed by atoms with E-state index in [2.05, 4.69) is 23.1 Å². The van der Waals surface area contributed by atoms with Gasteiger partial charge in [0, 0.05) is 5.92 Å². The zero-order valence-electron chi connectivity index (χ0n) is 14.5. The molecule has 1 aromatic rings. The van der Waals surface area contributed by atoms with Crippen LogP contribution >= 0.6 is 12.2 Å². The summed E-state index contributed by atoms with van der Waals surface area (Å²) in [5, 5.41) is 2.71. The van der Waals surface area contributed by atoms with Gasteiger partial charge >= 0.3 is 0 Å². The molecule has 2 rings (SSSR count). The van der Waals surface area contributed by atoms with Crippen LogP contribution < -0.4 is 20.9 Å². The molecule has 0 atom stereocenters. The van der Waals surface area contributed by atoms with Crippen molar-refractivity contribution >= 4 is 29.1 Å². The van der Waals surface area contributed by atoms with Crippen LogP contribution in [0.25, 0.3) is 0 Å². The zero-order chi connectivity index (χ0) is 18.1. The molecule has 1 aliphatic rings. The predicted molar refractivity (Wildman–Crippen MR) is 99.9 cm³/mol. The van der Waals surface area contributed by atoms with Crippen LogP contribution in [0.4, 0.5) is 0 Å². The number of hydrogen-bond acceptors (Lipinski definition) is 4. The van der Waals surface area contributed by atoms with Gasteiger partial charge < -0.3 is 10.1 Å². The first-order valence-corrected chi connectivity index (χ1v) is 9.10. The fraction of sp³-hybridized carbons (Fsp3) is 0.500. The molecular weight excluding hydrogens is 338 g/mol. The maximum atomic E-state index is 12.0. The first-order chi connectivity index (χ1) is 12.1. The minimum Gasteiger partial charge on any atom is -0.484 e. The number of rotatable bonds is 5. The summed E-state index contributed by atoms with van der Waals surface area (Å²) in [7, 11) is 0. The average molecular weight is 363 g/mol. The number of ether oxygens (including phenoxy) is 1. The Labute approximate surface area is 153 Å². The van der Waals surface area contributed by atoms with E-state index in [0.717, 1.165) is 32.1 Å². The molecule has 1 fully saturated rings. The molecule has 1 saturated carbocycles. The molecule has 25 heavy (non-hydrogen) atoms. The zero-order valence-corrected chi connectivity index (χ0v) is 15.3. The van der Waals surface area contributed by atoms with Gasteiger partial charge in [0.25, 0.3) is 5.91 Å². The van der Waals surface area contributed by atoms with E-state index in [0.29, 0.717) is 5.75 Å². The molecule has 0 unspecified atom stereocenters. The van der Waals surface area contributed by atoms with Crippen LogP contribution in [0.1, 0.15) is 44.6 Å². The van der Waals surface area contributed by atoms with Crippen molar-refractivity contribution in [1.82, 2.24) is 16.2 Å². The maximum absolute atomic E-state index is 12.0. The Balaban J connectivity index is 1.64. The minimum absolute atomic E-state index is 0.0126.